The number of hydrogen-bond donors (Lipinski definition) is 1. The molecule has 2 aromatic heterocycles. The molecule has 4 nitrogen and oxygen atoms in total. The molecular formula is C19H13NO3. The van der Waals surface area contributed by atoms with Crippen LogP contribution in [0.4, 0.5) is 0 Å². The van der Waals surface area contributed by atoms with Crippen molar-refractivity contribution >= 4 is 22.1 Å². The number of benzene rings is 2. The van der Waals surface area contributed by atoms with Gasteiger partial charge in [-0.3, -0.25) is 9.59 Å². The smallest absolute Gasteiger partial charge is 0.213 e. The minimum atomic E-state index is -0.339. The highest BCUT2D eigenvalue weighted by atomic mass is 16.3. The molecule has 0 fully saturated rings. The van der Waals surface area contributed by atoms with E-state index in [-0.39, 0.29) is 22.0 Å². The minimum absolute atomic E-state index is 0.0565. The van der Waals surface area contributed by atoms with Crippen LogP contribution in [0.5, 0.6) is 0 Å². The van der Waals surface area contributed by atoms with Gasteiger partial charge in [0.1, 0.15) is 11.0 Å². The van der Waals surface area contributed by atoms with Crippen LogP contribution in [0.3, 0.4) is 0 Å². The zero-order chi connectivity index (χ0) is 16.0. The van der Waals surface area contributed by atoms with Crippen molar-refractivity contribution in [1.29, 1.82) is 0 Å². The van der Waals surface area contributed by atoms with E-state index in [1.54, 1.807) is 12.1 Å². The molecule has 4 aromatic rings. The Morgan fingerprint density at radius 3 is 2.52 bits per heavy atom. The van der Waals surface area contributed by atoms with Gasteiger partial charge in [-0.25, -0.2) is 0 Å². The largest absolute Gasteiger partial charge is 0.439 e. The molecule has 0 bridgehead atoms. The molecule has 0 spiro atoms. The van der Waals surface area contributed by atoms with E-state index >= 15 is 0 Å². The van der Waals surface area contributed by atoms with Crippen molar-refractivity contribution in [3.8, 4) is 11.3 Å². The van der Waals surface area contributed by atoms with Gasteiger partial charge in [0.05, 0.1) is 11.1 Å². The Kier molecular flexibility index (Phi) is 2.91. The second kappa shape index (κ2) is 4.95. The molecular weight excluding hydrogens is 290 g/mol. The number of H-pyrrole nitrogens is 1. The number of nitrogens with one attached hydrogen (secondary N) is 1. The molecule has 0 atom stereocenters. The SMILES string of the molecule is Cc1ccc2c(=O)c3c(=O)cc(-c4ccccc4)[nH]c3oc2c1. The zero-order valence-corrected chi connectivity index (χ0v) is 12.4. The van der Waals surface area contributed by atoms with Crippen LogP contribution in [-0.2, 0) is 0 Å². The first-order chi connectivity index (χ1) is 11.1. The summed E-state index contributed by atoms with van der Waals surface area (Å²) in [5.74, 6) is 0. The molecule has 2 heterocycles. The van der Waals surface area contributed by atoms with Gasteiger partial charge in [0.15, 0.2) is 5.43 Å². The lowest BCUT2D eigenvalue weighted by molar-refractivity contribution is 0.644. The maximum atomic E-state index is 12.6. The summed E-state index contributed by atoms with van der Waals surface area (Å²) in [6.07, 6.45) is 0. The van der Waals surface area contributed by atoms with E-state index in [9.17, 15) is 9.59 Å². The third-order valence-electron chi connectivity index (χ3n) is 3.90. The van der Waals surface area contributed by atoms with Gasteiger partial charge in [-0.1, -0.05) is 36.4 Å². The van der Waals surface area contributed by atoms with E-state index in [4.69, 9.17) is 4.42 Å². The van der Waals surface area contributed by atoms with E-state index in [1.165, 1.54) is 6.07 Å². The van der Waals surface area contributed by atoms with Crippen LogP contribution in [0.2, 0.25) is 0 Å². The van der Waals surface area contributed by atoms with Crippen LogP contribution in [0.1, 0.15) is 5.56 Å². The maximum absolute atomic E-state index is 12.6. The van der Waals surface area contributed by atoms with E-state index in [2.05, 4.69) is 4.98 Å². The number of rotatable bonds is 1. The lowest BCUT2D eigenvalue weighted by Crippen LogP contribution is -2.14. The molecule has 0 aliphatic heterocycles. The van der Waals surface area contributed by atoms with E-state index in [0.29, 0.717) is 16.7 Å². The van der Waals surface area contributed by atoms with Gasteiger partial charge in [-0.15, -0.1) is 0 Å². The van der Waals surface area contributed by atoms with E-state index in [0.717, 1.165) is 11.1 Å². The summed E-state index contributed by atoms with van der Waals surface area (Å²) in [5, 5.41) is 0.474. The maximum Gasteiger partial charge on any atom is 0.213 e. The van der Waals surface area contributed by atoms with Crippen LogP contribution in [0.15, 0.2) is 68.6 Å². The van der Waals surface area contributed by atoms with E-state index < -0.39 is 0 Å². The molecule has 1 N–H and O–H groups in total. The van der Waals surface area contributed by atoms with E-state index in [1.807, 2.05) is 43.3 Å². The van der Waals surface area contributed by atoms with Crippen LogP contribution < -0.4 is 10.9 Å². The highest BCUT2D eigenvalue weighted by Crippen LogP contribution is 2.20. The second-order valence-electron chi connectivity index (χ2n) is 5.55. The fraction of sp³-hybridized carbons (Fsp3) is 0.0526. The van der Waals surface area contributed by atoms with Crippen LogP contribution >= 0.6 is 0 Å². The number of aromatic nitrogens is 1. The summed E-state index contributed by atoms with van der Waals surface area (Å²) in [7, 11) is 0. The van der Waals surface area contributed by atoms with Crippen LogP contribution in [-0.4, -0.2) is 4.98 Å². The predicted molar refractivity (Wildman–Crippen MR) is 90.8 cm³/mol. The molecule has 0 radical (unpaired) electrons. The minimum Gasteiger partial charge on any atom is -0.439 e. The Morgan fingerprint density at radius 2 is 1.74 bits per heavy atom. The predicted octanol–water partition coefficient (Wildman–Crippen LogP) is 3.61. The molecule has 0 saturated heterocycles. The Morgan fingerprint density at radius 1 is 0.957 bits per heavy atom. The Labute approximate surface area is 131 Å². The summed E-state index contributed by atoms with van der Waals surface area (Å²) >= 11 is 0. The average Bonchev–Trinajstić information content (AvgIpc) is 2.55. The van der Waals surface area contributed by atoms with Crippen molar-refractivity contribution in [2.24, 2.45) is 0 Å². The normalized spacial score (nSPS) is 11.2. The number of aryl methyl sites for hydroxylation is 1. The van der Waals surface area contributed by atoms with Crippen LogP contribution in [0, 0.1) is 6.92 Å². The first kappa shape index (κ1) is 13.5. The Balaban J connectivity index is 2.12. The van der Waals surface area contributed by atoms with Gasteiger partial charge in [-0.05, 0) is 30.2 Å². The lowest BCUT2D eigenvalue weighted by atomic mass is 10.1. The molecule has 4 rings (SSSR count). The molecule has 0 amide bonds. The first-order valence-electron chi connectivity index (χ1n) is 7.29. The second-order valence-corrected chi connectivity index (χ2v) is 5.55. The highest BCUT2D eigenvalue weighted by molar-refractivity contribution is 5.89. The third-order valence-corrected chi connectivity index (χ3v) is 3.90. The molecule has 23 heavy (non-hydrogen) atoms. The topological polar surface area (TPSA) is 63.1 Å². The van der Waals surface area contributed by atoms with Crippen molar-refractivity contribution < 1.29 is 4.42 Å². The Hall–Kier alpha value is -3.14. The quantitative estimate of drug-likeness (QED) is 0.546. The van der Waals surface area contributed by atoms with Crippen molar-refractivity contribution in [3.05, 3.63) is 80.6 Å². The highest BCUT2D eigenvalue weighted by Gasteiger charge is 2.13. The number of pyridine rings is 1. The van der Waals surface area contributed by atoms with Gasteiger partial charge in [0.25, 0.3) is 0 Å². The van der Waals surface area contributed by atoms with Crippen molar-refractivity contribution in [2.75, 3.05) is 0 Å². The fourth-order valence-electron chi connectivity index (χ4n) is 2.75. The Bertz CT molecular complexity index is 1150. The van der Waals surface area contributed by atoms with Crippen molar-refractivity contribution in [2.45, 2.75) is 6.92 Å². The standard InChI is InChI=1S/C19H13NO3/c1-11-7-8-13-16(9-11)23-19-17(18(13)22)15(21)10-14(20-19)12-5-3-2-4-6-12/h2-10H,1H3,(H,20,21). The molecule has 0 aliphatic carbocycles. The molecule has 0 aliphatic rings. The monoisotopic (exact) mass is 303 g/mol. The molecule has 0 saturated carbocycles. The first-order valence-corrected chi connectivity index (χ1v) is 7.29. The number of aromatic amines is 1. The van der Waals surface area contributed by atoms with Gasteiger partial charge < -0.3 is 9.40 Å². The van der Waals surface area contributed by atoms with Gasteiger partial charge in [0.2, 0.25) is 11.1 Å². The van der Waals surface area contributed by atoms with Crippen molar-refractivity contribution in [3.63, 3.8) is 0 Å². The van der Waals surface area contributed by atoms with Crippen LogP contribution in [0.25, 0.3) is 33.3 Å². The third kappa shape index (κ3) is 2.16. The zero-order valence-electron chi connectivity index (χ0n) is 12.4. The molecule has 2 aromatic carbocycles. The summed E-state index contributed by atoms with van der Waals surface area (Å²) in [6.45, 7) is 1.92. The number of fused-ring (bicyclic) bond motifs is 2. The summed E-state index contributed by atoms with van der Waals surface area (Å²) < 4.78 is 5.80. The van der Waals surface area contributed by atoms with Gasteiger partial charge in [0, 0.05) is 6.07 Å². The number of hydrogen-bond acceptors (Lipinski definition) is 3. The summed E-state index contributed by atoms with van der Waals surface area (Å²) in [6, 6.07) is 16.2. The van der Waals surface area contributed by atoms with Gasteiger partial charge >= 0.3 is 0 Å². The fourth-order valence-corrected chi connectivity index (χ4v) is 2.75. The molecule has 0 unspecified atom stereocenters. The average molecular weight is 303 g/mol. The molecule has 112 valence electrons. The summed E-state index contributed by atoms with van der Waals surface area (Å²) in [4.78, 5) is 28.1. The summed E-state index contributed by atoms with van der Waals surface area (Å²) in [5.41, 5.74) is 2.51. The van der Waals surface area contributed by atoms with Gasteiger partial charge in [-0.2, -0.15) is 0 Å². The molecule has 4 heteroatoms. The van der Waals surface area contributed by atoms with Crippen molar-refractivity contribution in [1.82, 2.24) is 4.98 Å². The lowest BCUT2D eigenvalue weighted by Gasteiger charge is -2.05.